The molecule has 0 spiro atoms. The first-order valence-corrected chi connectivity index (χ1v) is 7.07. The zero-order valence-electron chi connectivity index (χ0n) is 11.5. The minimum Gasteiger partial charge on any atom is -0.388 e. The average molecular weight is 248 g/mol. The Balaban J connectivity index is 1.89. The molecule has 1 aromatic rings. The summed E-state index contributed by atoms with van der Waals surface area (Å²) in [5, 5.41) is 3.13. The van der Waals surface area contributed by atoms with Crippen LogP contribution in [-0.2, 0) is 11.3 Å². The molecule has 1 heterocycles. The summed E-state index contributed by atoms with van der Waals surface area (Å²) in [6, 6.07) is 4.03. The van der Waals surface area contributed by atoms with E-state index in [1.165, 1.54) is 32.1 Å². The normalized spacial score (nSPS) is 23.9. The molecule has 1 N–H and O–H groups in total. The van der Waals surface area contributed by atoms with Gasteiger partial charge < -0.3 is 10.1 Å². The zero-order valence-corrected chi connectivity index (χ0v) is 11.5. The molecule has 0 aliphatic heterocycles. The van der Waals surface area contributed by atoms with E-state index < -0.39 is 0 Å². The molecular formula is C15H24N2O. The van der Waals surface area contributed by atoms with Crippen molar-refractivity contribution in [1.82, 2.24) is 4.98 Å². The number of pyridine rings is 1. The molecule has 18 heavy (non-hydrogen) atoms. The first-order chi connectivity index (χ1) is 8.83. The van der Waals surface area contributed by atoms with Crippen molar-refractivity contribution in [2.24, 2.45) is 5.92 Å². The van der Waals surface area contributed by atoms with Gasteiger partial charge in [-0.2, -0.15) is 0 Å². The molecule has 2 rings (SSSR count). The molecule has 0 bridgehead atoms. The van der Waals surface area contributed by atoms with E-state index in [9.17, 15) is 0 Å². The standard InChI is InChI=1S/C15H24N2O/c1-3-12-6-4-5-7-15(12)18-11-14-10-13(16-2)8-9-17-14/h8-10,12,15H,3-7,11H2,1-2H3,(H,16,17). The minimum absolute atomic E-state index is 0.434. The molecule has 3 heteroatoms. The third kappa shape index (κ3) is 3.45. The molecule has 0 radical (unpaired) electrons. The van der Waals surface area contributed by atoms with E-state index >= 15 is 0 Å². The highest BCUT2D eigenvalue weighted by atomic mass is 16.5. The summed E-state index contributed by atoms with van der Waals surface area (Å²) in [5.74, 6) is 0.742. The predicted octanol–water partition coefficient (Wildman–Crippen LogP) is 3.61. The van der Waals surface area contributed by atoms with Gasteiger partial charge in [-0.05, 0) is 30.9 Å². The molecule has 100 valence electrons. The van der Waals surface area contributed by atoms with E-state index in [2.05, 4.69) is 23.3 Å². The van der Waals surface area contributed by atoms with Crippen LogP contribution in [0.25, 0.3) is 0 Å². The Morgan fingerprint density at radius 3 is 3.00 bits per heavy atom. The Morgan fingerprint density at radius 2 is 2.22 bits per heavy atom. The number of hydrogen-bond acceptors (Lipinski definition) is 3. The summed E-state index contributed by atoms with van der Waals surface area (Å²) < 4.78 is 6.08. The van der Waals surface area contributed by atoms with E-state index in [4.69, 9.17) is 4.74 Å². The van der Waals surface area contributed by atoms with Crippen LogP contribution < -0.4 is 5.32 Å². The fraction of sp³-hybridized carbons (Fsp3) is 0.667. The van der Waals surface area contributed by atoms with Gasteiger partial charge in [0.05, 0.1) is 18.4 Å². The smallest absolute Gasteiger partial charge is 0.0892 e. The number of ether oxygens (including phenoxy) is 1. The van der Waals surface area contributed by atoms with Gasteiger partial charge in [0.1, 0.15) is 0 Å². The summed E-state index contributed by atoms with van der Waals surface area (Å²) in [6.07, 6.45) is 8.72. The molecule has 1 aliphatic rings. The molecule has 2 unspecified atom stereocenters. The first kappa shape index (κ1) is 13.3. The monoisotopic (exact) mass is 248 g/mol. The van der Waals surface area contributed by atoms with E-state index in [1.54, 1.807) is 0 Å². The van der Waals surface area contributed by atoms with Crippen LogP contribution in [0, 0.1) is 5.92 Å². The SMILES string of the molecule is CCC1CCCCC1OCc1cc(NC)ccn1. The van der Waals surface area contributed by atoms with Gasteiger partial charge in [-0.1, -0.05) is 26.2 Å². The van der Waals surface area contributed by atoms with Crippen LogP contribution in [0.4, 0.5) is 5.69 Å². The molecule has 1 aliphatic carbocycles. The molecule has 3 nitrogen and oxygen atoms in total. The molecular weight excluding hydrogens is 224 g/mol. The van der Waals surface area contributed by atoms with Gasteiger partial charge in [-0.3, -0.25) is 4.98 Å². The molecule has 0 amide bonds. The van der Waals surface area contributed by atoms with Crippen molar-refractivity contribution in [1.29, 1.82) is 0 Å². The van der Waals surface area contributed by atoms with Gasteiger partial charge >= 0.3 is 0 Å². The largest absolute Gasteiger partial charge is 0.388 e. The first-order valence-electron chi connectivity index (χ1n) is 7.07. The molecule has 0 saturated heterocycles. The lowest BCUT2D eigenvalue weighted by Gasteiger charge is -2.30. The maximum atomic E-state index is 6.08. The minimum atomic E-state index is 0.434. The number of hydrogen-bond donors (Lipinski definition) is 1. The Morgan fingerprint density at radius 1 is 1.39 bits per heavy atom. The molecule has 1 aromatic heterocycles. The van der Waals surface area contributed by atoms with Crippen LogP contribution in [0.5, 0.6) is 0 Å². The lowest BCUT2D eigenvalue weighted by Crippen LogP contribution is -2.27. The van der Waals surface area contributed by atoms with Crippen molar-refractivity contribution in [2.45, 2.75) is 51.7 Å². The van der Waals surface area contributed by atoms with Gasteiger partial charge in [-0.25, -0.2) is 0 Å². The van der Waals surface area contributed by atoms with Crippen LogP contribution in [0.3, 0.4) is 0 Å². The van der Waals surface area contributed by atoms with Gasteiger partial charge in [-0.15, -0.1) is 0 Å². The van der Waals surface area contributed by atoms with Crippen molar-refractivity contribution < 1.29 is 4.74 Å². The number of nitrogens with one attached hydrogen (secondary N) is 1. The van der Waals surface area contributed by atoms with E-state index in [0.717, 1.165) is 17.3 Å². The van der Waals surface area contributed by atoms with Crippen molar-refractivity contribution >= 4 is 5.69 Å². The zero-order chi connectivity index (χ0) is 12.8. The van der Waals surface area contributed by atoms with Gasteiger partial charge in [0.2, 0.25) is 0 Å². The molecule has 0 aromatic carbocycles. The lowest BCUT2D eigenvalue weighted by atomic mass is 9.85. The molecule has 1 fully saturated rings. The van der Waals surface area contributed by atoms with E-state index in [1.807, 2.05) is 19.3 Å². The third-order valence-electron chi connectivity index (χ3n) is 3.91. The Labute approximate surface area is 110 Å². The van der Waals surface area contributed by atoms with Gasteiger partial charge in [0, 0.05) is 18.9 Å². The second-order valence-electron chi connectivity index (χ2n) is 5.09. The maximum absolute atomic E-state index is 6.08. The van der Waals surface area contributed by atoms with Crippen LogP contribution in [-0.4, -0.2) is 18.1 Å². The van der Waals surface area contributed by atoms with E-state index in [-0.39, 0.29) is 0 Å². The summed E-state index contributed by atoms with van der Waals surface area (Å²) in [4.78, 5) is 4.36. The highest BCUT2D eigenvalue weighted by Gasteiger charge is 2.24. The van der Waals surface area contributed by atoms with Crippen molar-refractivity contribution in [3.8, 4) is 0 Å². The van der Waals surface area contributed by atoms with Crippen molar-refractivity contribution in [3.05, 3.63) is 24.0 Å². The highest BCUT2D eigenvalue weighted by Crippen LogP contribution is 2.29. The quantitative estimate of drug-likeness (QED) is 0.864. The van der Waals surface area contributed by atoms with Crippen molar-refractivity contribution in [3.63, 3.8) is 0 Å². The second-order valence-corrected chi connectivity index (χ2v) is 5.09. The van der Waals surface area contributed by atoms with E-state index in [0.29, 0.717) is 12.7 Å². The third-order valence-corrected chi connectivity index (χ3v) is 3.91. The summed E-state index contributed by atoms with van der Waals surface area (Å²) in [6.45, 7) is 2.91. The predicted molar refractivity (Wildman–Crippen MR) is 74.6 cm³/mol. The Hall–Kier alpha value is -1.09. The van der Waals surface area contributed by atoms with Gasteiger partial charge in [0.15, 0.2) is 0 Å². The number of aromatic nitrogens is 1. The topological polar surface area (TPSA) is 34.1 Å². The Kier molecular flexibility index (Phi) is 5.00. The maximum Gasteiger partial charge on any atom is 0.0892 e. The van der Waals surface area contributed by atoms with Crippen LogP contribution >= 0.6 is 0 Å². The fourth-order valence-corrected chi connectivity index (χ4v) is 2.77. The summed E-state index contributed by atoms with van der Waals surface area (Å²) in [5.41, 5.74) is 2.11. The number of rotatable bonds is 5. The number of anilines is 1. The lowest BCUT2D eigenvalue weighted by molar-refractivity contribution is -0.0234. The summed E-state index contributed by atoms with van der Waals surface area (Å²) in [7, 11) is 1.92. The van der Waals surface area contributed by atoms with Gasteiger partial charge in [0.25, 0.3) is 0 Å². The summed E-state index contributed by atoms with van der Waals surface area (Å²) >= 11 is 0. The highest BCUT2D eigenvalue weighted by molar-refractivity contribution is 5.42. The van der Waals surface area contributed by atoms with Crippen LogP contribution in [0.2, 0.25) is 0 Å². The fourth-order valence-electron chi connectivity index (χ4n) is 2.77. The Bertz CT molecular complexity index is 367. The van der Waals surface area contributed by atoms with Crippen LogP contribution in [0.15, 0.2) is 18.3 Å². The van der Waals surface area contributed by atoms with Crippen LogP contribution in [0.1, 0.15) is 44.7 Å². The second kappa shape index (κ2) is 6.74. The molecule has 1 saturated carbocycles. The number of nitrogens with zero attached hydrogens (tertiary/aromatic N) is 1. The molecule has 2 atom stereocenters. The van der Waals surface area contributed by atoms with Crippen molar-refractivity contribution in [2.75, 3.05) is 12.4 Å². The average Bonchev–Trinajstić information content (AvgIpc) is 2.45.